The number of aryl methyl sites for hydroxylation is 2. The molecule has 1 N–H and O–H groups in total. The van der Waals surface area contributed by atoms with Crippen LogP contribution in [0.15, 0.2) is 42.5 Å². The Morgan fingerprint density at radius 3 is 2.32 bits per heavy atom. The van der Waals surface area contributed by atoms with E-state index in [4.69, 9.17) is 4.74 Å². The van der Waals surface area contributed by atoms with Crippen molar-refractivity contribution >= 4 is 27.5 Å². The molecule has 2 aromatic rings. The first-order chi connectivity index (χ1) is 16.0. The van der Waals surface area contributed by atoms with Crippen molar-refractivity contribution in [3.63, 3.8) is 0 Å². The highest BCUT2D eigenvalue weighted by Gasteiger charge is 2.32. The lowest BCUT2D eigenvalue weighted by molar-refractivity contribution is -0.140. The summed E-state index contributed by atoms with van der Waals surface area (Å²) >= 11 is 0. The second kappa shape index (κ2) is 11.9. The maximum absolute atomic E-state index is 13.7. The number of nitrogens with one attached hydrogen (secondary N) is 1. The summed E-state index contributed by atoms with van der Waals surface area (Å²) in [5.74, 6) is -0.411. The summed E-state index contributed by atoms with van der Waals surface area (Å²) in [7, 11) is -2.39. The summed E-state index contributed by atoms with van der Waals surface area (Å²) in [6.45, 7) is 7.56. The first-order valence-electron chi connectivity index (χ1n) is 11.3. The van der Waals surface area contributed by atoms with E-state index in [0.717, 1.165) is 27.3 Å². The molecule has 0 saturated carbocycles. The molecule has 0 heterocycles. The first-order valence-corrected chi connectivity index (χ1v) is 13.1. The van der Waals surface area contributed by atoms with Crippen LogP contribution in [0.2, 0.25) is 0 Å². The summed E-state index contributed by atoms with van der Waals surface area (Å²) in [5, 5.41) is 2.79. The van der Waals surface area contributed by atoms with Crippen molar-refractivity contribution in [3.8, 4) is 5.75 Å². The summed E-state index contributed by atoms with van der Waals surface area (Å²) in [5.41, 5.74) is 2.96. The van der Waals surface area contributed by atoms with E-state index >= 15 is 0 Å². The van der Waals surface area contributed by atoms with Crippen LogP contribution in [-0.2, 0) is 26.2 Å². The van der Waals surface area contributed by atoms with Crippen molar-refractivity contribution in [2.24, 2.45) is 0 Å². The molecule has 2 rings (SSSR count). The Balaban J connectivity index is 2.52. The summed E-state index contributed by atoms with van der Waals surface area (Å²) in [4.78, 5) is 28.0. The summed E-state index contributed by atoms with van der Waals surface area (Å²) in [6.07, 6.45) is 1.44. The lowest BCUT2D eigenvalue weighted by Crippen LogP contribution is -2.52. The lowest BCUT2D eigenvalue weighted by Gasteiger charge is -2.33. The molecule has 8 nitrogen and oxygen atoms in total. The number of amides is 2. The molecule has 0 spiro atoms. The van der Waals surface area contributed by atoms with Crippen LogP contribution in [0, 0.1) is 13.8 Å². The molecule has 2 amide bonds. The minimum Gasteiger partial charge on any atom is -0.495 e. The van der Waals surface area contributed by atoms with Gasteiger partial charge in [-0.2, -0.15) is 0 Å². The van der Waals surface area contributed by atoms with Crippen LogP contribution >= 0.6 is 0 Å². The van der Waals surface area contributed by atoms with E-state index in [9.17, 15) is 18.0 Å². The second-order valence-electron chi connectivity index (χ2n) is 8.21. The number of ether oxygens (including phenoxy) is 1. The van der Waals surface area contributed by atoms with Crippen LogP contribution in [0.25, 0.3) is 0 Å². The van der Waals surface area contributed by atoms with Gasteiger partial charge in [0.25, 0.3) is 0 Å². The fourth-order valence-electron chi connectivity index (χ4n) is 3.77. The van der Waals surface area contributed by atoms with Crippen molar-refractivity contribution in [2.45, 2.75) is 46.7 Å². The van der Waals surface area contributed by atoms with Crippen molar-refractivity contribution in [3.05, 3.63) is 59.2 Å². The van der Waals surface area contributed by atoms with Gasteiger partial charge in [0.1, 0.15) is 18.3 Å². The molecule has 0 aliphatic carbocycles. The van der Waals surface area contributed by atoms with E-state index in [1.165, 1.54) is 12.0 Å². The first kappa shape index (κ1) is 27.2. The van der Waals surface area contributed by atoms with Gasteiger partial charge in [0.15, 0.2) is 0 Å². The van der Waals surface area contributed by atoms with Gasteiger partial charge in [-0.25, -0.2) is 8.42 Å². The van der Waals surface area contributed by atoms with E-state index < -0.39 is 28.5 Å². The predicted octanol–water partition coefficient (Wildman–Crippen LogP) is 3.02. The maximum Gasteiger partial charge on any atom is 0.244 e. The van der Waals surface area contributed by atoms with Crippen LogP contribution in [0.4, 0.5) is 5.69 Å². The normalized spacial score (nSPS) is 12.1. The number of hydrogen-bond acceptors (Lipinski definition) is 5. The van der Waals surface area contributed by atoms with Crippen LogP contribution in [0.5, 0.6) is 5.75 Å². The smallest absolute Gasteiger partial charge is 0.244 e. The molecule has 0 aromatic heterocycles. The number of sulfonamides is 1. The monoisotopic (exact) mass is 489 g/mol. The largest absolute Gasteiger partial charge is 0.495 e. The summed E-state index contributed by atoms with van der Waals surface area (Å²) < 4.78 is 32.0. The molecule has 2 aromatic carbocycles. The molecule has 0 saturated heterocycles. The van der Waals surface area contributed by atoms with Crippen molar-refractivity contribution < 1.29 is 22.7 Å². The number of carbonyl (C=O) groups is 2. The molecule has 186 valence electrons. The average Bonchev–Trinajstić information content (AvgIpc) is 2.77. The van der Waals surface area contributed by atoms with Gasteiger partial charge in [-0.05, 0) is 56.0 Å². The van der Waals surface area contributed by atoms with Gasteiger partial charge in [-0.1, -0.05) is 37.3 Å². The van der Waals surface area contributed by atoms with Crippen LogP contribution in [0.1, 0.15) is 37.0 Å². The highest BCUT2D eigenvalue weighted by molar-refractivity contribution is 7.92. The topological polar surface area (TPSA) is 96.0 Å². The number of benzene rings is 2. The number of carbonyl (C=O) groups excluding carboxylic acids is 2. The van der Waals surface area contributed by atoms with Crippen LogP contribution < -0.4 is 14.4 Å². The van der Waals surface area contributed by atoms with Crippen molar-refractivity contribution in [1.82, 2.24) is 10.2 Å². The molecule has 0 bridgehead atoms. The van der Waals surface area contributed by atoms with Crippen LogP contribution in [0.3, 0.4) is 0 Å². The van der Waals surface area contributed by atoms with E-state index in [1.807, 2.05) is 52.0 Å². The molecule has 0 radical (unpaired) electrons. The van der Waals surface area contributed by atoms with Gasteiger partial charge >= 0.3 is 0 Å². The van der Waals surface area contributed by atoms with Gasteiger partial charge in [-0.3, -0.25) is 13.9 Å². The summed E-state index contributed by atoms with van der Waals surface area (Å²) in [6, 6.07) is 12.0. The van der Waals surface area contributed by atoms with E-state index in [1.54, 1.807) is 18.2 Å². The van der Waals surface area contributed by atoms with Gasteiger partial charge in [0, 0.05) is 13.1 Å². The Bertz CT molecular complexity index is 1120. The third-order valence-electron chi connectivity index (χ3n) is 5.62. The van der Waals surface area contributed by atoms with Gasteiger partial charge in [0.05, 0.1) is 19.1 Å². The lowest BCUT2D eigenvalue weighted by atomic mass is 10.1. The zero-order chi connectivity index (χ0) is 25.5. The van der Waals surface area contributed by atoms with Crippen molar-refractivity contribution in [1.29, 1.82) is 0 Å². The SMILES string of the molecule is CCNC(=O)C(CC)N(Cc1ccccc1C)C(=O)CN(c1cc(C)ccc1OC)S(C)(=O)=O. The maximum atomic E-state index is 13.7. The zero-order valence-corrected chi connectivity index (χ0v) is 21.6. The third-order valence-corrected chi connectivity index (χ3v) is 6.75. The van der Waals surface area contributed by atoms with E-state index in [0.29, 0.717) is 18.7 Å². The Kier molecular flexibility index (Phi) is 9.49. The zero-order valence-electron chi connectivity index (χ0n) is 20.8. The quantitative estimate of drug-likeness (QED) is 0.523. The Morgan fingerprint density at radius 2 is 1.76 bits per heavy atom. The number of likely N-dealkylation sites (N-methyl/N-ethyl adjacent to an activating group) is 1. The molecule has 0 fully saturated rings. The molecule has 1 atom stereocenters. The minimum atomic E-state index is -3.83. The van der Waals surface area contributed by atoms with Crippen molar-refractivity contribution in [2.75, 3.05) is 30.8 Å². The second-order valence-corrected chi connectivity index (χ2v) is 10.1. The highest BCUT2D eigenvalue weighted by atomic mass is 32.2. The fourth-order valence-corrected chi connectivity index (χ4v) is 4.62. The number of hydrogen-bond donors (Lipinski definition) is 1. The predicted molar refractivity (Wildman–Crippen MR) is 134 cm³/mol. The van der Waals surface area contributed by atoms with Crippen LogP contribution in [-0.4, -0.2) is 57.6 Å². The van der Waals surface area contributed by atoms with Gasteiger partial charge in [-0.15, -0.1) is 0 Å². The molecule has 0 aliphatic heterocycles. The standard InChI is InChI=1S/C25H35N3O5S/c1-7-21(25(30)26-8-2)27(16-20-12-10-9-11-19(20)4)24(29)17-28(34(6,31)32)22-15-18(3)13-14-23(22)33-5/h9-15,21H,7-8,16-17H2,1-6H3,(H,26,30). The Morgan fingerprint density at radius 1 is 1.09 bits per heavy atom. The number of anilines is 1. The highest BCUT2D eigenvalue weighted by Crippen LogP contribution is 2.31. The molecule has 1 unspecified atom stereocenters. The number of nitrogens with zero attached hydrogens (tertiary/aromatic N) is 2. The van der Waals surface area contributed by atoms with Gasteiger partial charge in [0.2, 0.25) is 21.8 Å². The van der Waals surface area contributed by atoms with E-state index in [-0.39, 0.29) is 18.1 Å². The number of methoxy groups -OCH3 is 1. The average molecular weight is 490 g/mol. The molecular formula is C25H35N3O5S. The minimum absolute atomic E-state index is 0.184. The number of rotatable bonds is 11. The van der Waals surface area contributed by atoms with Gasteiger partial charge < -0.3 is 15.0 Å². The molecule has 0 aliphatic rings. The van der Waals surface area contributed by atoms with E-state index in [2.05, 4.69) is 5.32 Å². The fraction of sp³-hybridized carbons (Fsp3) is 0.440. The molecule has 34 heavy (non-hydrogen) atoms. The Hall–Kier alpha value is -3.07. The molecule has 9 heteroatoms. The third kappa shape index (κ3) is 6.72. The molecular weight excluding hydrogens is 454 g/mol. The Labute approximate surface area is 202 Å².